The Balaban J connectivity index is 1.77. The Bertz CT molecular complexity index is 740. The fraction of sp³-hybridized carbons (Fsp3) is 0.722. The minimum atomic E-state index is -3.50. The molecule has 25 heavy (non-hydrogen) atoms. The maximum absolute atomic E-state index is 12.7. The summed E-state index contributed by atoms with van der Waals surface area (Å²) in [5, 5.41) is 3.14. The zero-order chi connectivity index (χ0) is 18.2. The molecular weight excluding hydrogens is 338 g/mol. The molecule has 0 aromatic carbocycles. The van der Waals surface area contributed by atoms with Gasteiger partial charge in [0.1, 0.15) is 10.6 Å². The van der Waals surface area contributed by atoms with Crippen molar-refractivity contribution in [3.8, 4) is 0 Å². The number of hydrogen-bond acceptors (Lipinski definition) is 3. The molecule has 1 saturated carbocycles. The molecule has 6 nitrogen and oxygen atoms in total. The topological polar surface area (TPSA) is 71.4 Å². The molecule has 2 fully saturated rings. The molecule has 0 unspecified atom stereocenters. The predicted octanol–water partition coefficient (Wildman–Crippen LogP) is 2.51. The summed E-state index contributed by atoms with van der Waals surface area (Å²) in [4.78, 5) is 13.0. The van der Waals surface area contributed by atoms with E-state index in [9.17, 15) is 13.2 Å². The molecule has 0 bridgehead atoms. The van der Waals surface area contributed by atoms with Crippen LogP contribution in [0.15, 0.2) is 17.2 Å². The summed E-state index contributed by atoms with van der Waals surface area (Å²) in [7, 11) is -1.77. The van der Waals surface area contributed by atoms with Crippen LogP contribution < -0.4 is 5.32 Å². The minimum absolute atomic E-state index is 0.192. The van der Waals surface area contributed by atoms with Crippen molar-refractivity contribution >= 4 is 15.9 Å². The van der Waals surface area contributed by atoms with Crippen molar-refractivity contribution in [2.24, 2.45) is 13.0 Å². The molecule has 1 aromatic rings. The molecule has 1 aliphatic heterocycles. The second-order valence-corrected chi connectivity index (χ2v) is 9.92. The monoisotopic (exact) mass is 367 g/mol. The van der Waals surface area contributed by atoms with E-state index in [1.807, 2.05) is 0 Å². The van der Waals surface area contributed by atoms with Gasteiger partial charge in [0.05, 0.1) is 0 Å². The van der Waals surface area contributed by atoms with Gasteiger partial charge in [-0.3, -0.25) is 4.79 Å². The molecule has 0 atom stereocenters. The molecule has 1 aromatic heterocycles. The van der Waals surface area contributed by atoms with Crippen molar-refractivity contribution in [1.82, 2.24) is 14.2 Å². The number of hydrogen-bond donors (Lipinski definition) is 1. The second kappa shape index (κ2) is 6.76. The summed E-state index contributed by atoms with van der Waals surface area (Å²) in [6.45, 7) is 5.46. The summed E-state index contributed by atoms with van der Waals surface area (Å²) < 4.78 is 28.5. The number of amides is 1. The van der Waals surface area contributed by atoms with Crippen LogP contribution in [0.5, 0.6) is 0 Å². The number of carbonyl (C=O) groups is 1. The minimum Gasteiger partial charge on any atom is -0.346 e. The molecule has 2 heterocycles. The Morgan fingerprint density at radius 3 is 2.44 bits per heavy atom. The highest BCUT2D eigenvalue weighted by Crippen LogP contribution is 2.32. The zero-order valence-corrected chi connectivity index (χ0v) is 16.2. The number of rotatable bonds is 4. The highest BCUT2D eigenvalue weighted by atomic mass is 32.2. The normalized spacial score (nSPS) is 28.2. The van der Waals surface area contributed by atoms with Crippen molar-refractivity contribution in [3.63, 3.8) is 0 Å². The van der Waals surface area contributed by atoms with Crippen molar-refractivity contribution in [1.29, 1.82) is 0 Å². The van der Waals surface area contributed by atoms with Crippen LogP contribution in [0.25, 0.3) is 0 Å². The lowest BCUT2D eigenvalue weighted by Gasteiger charge is -2.37. The van der Waals surface area contributed by atoms with Crippen LogP contribution in [0.2, 0.25) is 0 Å². The molecule has 3 rings (SSSR count). The summed E-state index contributed by atoms with van der Waals surface area (Å²) in [5.41, 5.74) is 0.194. The van der Waals surface area contributed by atoms with Gasteiger partial charge in [-0.2, -0.15) is 4.31 Å². The van der Waals surface area contributed by atoms with Gasteiger partial charge < -0.3 is 9.88 Å². The van der Waals surface area contributed by atoms with Crippen LogP contribution in [-0.4, -0.2) is 41.8 Å². The fourth-order valence-electron chi connectivity index (χ4n) is 3.84. The van der Waals surface area contributed by atoms with Crippen LogP contribution in [0, 0.1) is 5.92 Å². The van der Waals surface area contributed by atoms with E-state index in [0.29, 0.717) is 24.7 Å². The molecule has 7 heteroatoms. The van der Waals surface area contributed by atoms with Crippen LogP contribution in [0.1, 0.15) is 62.9 Å². The maximum atomic E-state index is 12.7. The number of nitrogens with one attached hydrogen (secondary N) is 1. The number of aromatic nitrogens is 1. The summed E-state index contributed by atoms with van der Waals surface area (Å²) >= 11 is 0. The lowest BCUT2D eigenvalue weighted by molar-refractivity contribution is 0.0861. The first-order valence-electron chi connectivity index (χ1n) is 9.20. The second-order valence-electron chi connectivity index (χ2n) is 7.98. The van der Waals surface area contributed by atoms with Gasteiger partial charge in [-0.05, 0) is 57.4 Å². The molecular formula is C18H29N3O3S. The summed E-state index contributed by atoms with van der Waals surface area (Å²) in [5.74, 6) is 0.514. The highest BCUT2D eigenvalue weighted by molar-refractivity contribution is 7.89. The third kappa shape index (κ3) is 3.77. The van der Waals surface area contributed by atoms with Crippen molar-refractivity contribution in [3.05, 3.63) is 18.0 Å². The first-order valence-corrected chi connectivity index (χ1v) is 10.6. The Morgan fingerprint density at radius 1 is 1.24 bits per heavy atom. The van der Waals surface area contributed by atoms with E-state index >= 15 is 0 Å². The Labute approximate surface area is 150 Å². The molecule has 1 saturated heterocycles. The van der Waals surface area contributed by atoms with Crippen LogP contribution in [0.4, 0.5) is 0 Å². The molecule has 0 radical (unpaired) electrons. The molecule has 1 N–H and O–H groups in total. The maximum Gasteiger partial charge on any atom is 0.268 e. The highest BCUT2D eigenvalue weighted by Gasteiger charge is 2.33. The summed E-state index contributed by atoms with van der Waals surface area (Å²) in [6, 6.07) is 1.51. The molecule has 1 amide bonds. The fourth-order valence-corrected chi connectivity index (χ4v) is 5.43. The Morgan fingerprint density at radius 2 is 1.84 bits per heavy atom. The first-order chi connectivity index (χ1) is 11.7. The summed E-state index contributed by atoms with van der Waals surface area (Å²) in [6.07, 6.45) is 7.49. The van der Waals surface area contributed by atoms with E-state index in [4.69, 9.17) is 0 Å². The van der Waals surface area contributed by atoms with Crippen molar-refractivity contribution < 1.29 is 13.2 Å². The van der Waals surface area contributed by atoms with E-state index in [-0.39, 0.29) is 16.3 Å². The largest absolute Gasteiger partial charge is 0.346 e. The number of sulfonamides is 1. The lowest BCUT2D eigenvalue weighted by Crippen LogP contribution is -2.48. The smallest absolute Gasteiger partial charge is 0.268 e. The number of aryl methyl sites for hydroxylation is 1. The zero-order valence-electron chi connectivity index (χ0n) is 15.4. The number of nitrogens with zero attached hydrogens (tertiary/aromatic N) is 2. The third-order valence-electron chi connectivity index (χ3n) is 5.71. The predicted molar refractivity (Wildman–Crippen MR) is 96.9 cm³/mol. The van der Waals surface area contributed by atoms with Gasteiger partial charge in [-0.15, -0.1) is 0 Å². The van der Waals surface area contributed by atoms with E-state index in [1.54, 1.807) is 17.8 Å². The van der Waals surface area contributed by atoms with Gasteiger partial charge in [-0.1, -0.05) is 6.92 Å². The molecule has 0 spiro atoms. The number of carbonyl (C=O) groups excluding carboxylic acids is 1. The van der Waals surface area contributed by atoms with Gasteiger partial charge in [0, 0.05) is 31.9 Å². The quantitative estimate of drug-likeness (QED) is 0.889. The van der Waals surface area contributed by atoms with E-state index in [1.165, 1.54) is 10.4 Å². The van der Waals surface area contributed by atoms with Crippen LogP contribution >= 0.6 is 0 Å². The molecule has 2 aliphatic rings. The standard InChI is InChI=1S/C18H29N3O3S/c1-14-6-8-18(2,9-7-14)19-17(22)16-12-15(13-20(16)3)25(23,24)21-10-4-5-11-21/h12-14H,4-11H2,1-3H3,(H,19,22). The van der Waals surface area contributed by atoms with Crippen LogP contribution in [0.3, 0.4) is 0 Å². The van der Waals surface area contributed by atoms with Gasteiger partial charge in [0.25, 0.3) is 5.91 Å². The average Bonchev–Trinajstić information content (AvgIpc) is 3.20. The van der Waals surface area contributed by atoms with Crippen molar-refractivity contribution in [2.75, 3.05) is 13.1 Å². The molecule has 1 aliphatic carbocycles. The van der Waals surface area contributed by atoms with Gasteiger partial charge >= 0.3 is 0 Å². The van der Waals surface area contributed by atoms with E-state index < -0.39 is 10.0 Å². The van der Waals surface area contributed by atoms with E-state index in [0.717, 1.165) is 38.5 Å². The molecule has 140 valence electrons. The van der Waals surface area contributed by atoms with Gasteiger partial charge in [0.2, 0.25) is 10.0 Å². The SMILES string of the molecule is CC1CCC(C)(NC(=O)c2cc(S(=O)(=O)N3CCCC3)cn2C)CC1. The van der Waals surface area contributed by atoms with Gasteiger partial charge in [-0.25, -0.2) is 8.42 Å². The van der Waals surface area contributed by atoms with Gasteiger partial charge in [0.15, 0.2) is 0 Å². The Kier molecular flexibility index (Phi) is 4.99. The average molecular weight is 368 g/mol. The lowest BCUT2D eigenvalue weighted by atomic mass is 9.78. The van der Waals surface area contributed by atoms with E-state index in [2.05, 4.69) is 19.2 Å². The Hall–Kier alpha value is -1.34. The first kappa shape index (κ1) is 18.5. The van der Waals surface area contributed by atoms with Crippen molar-refractivity contribution in [2.45, 2.75) is 62.8 Å². The third-order valence-corrected chi connectivity index (χ3v) is 7.57. The van der Waals surface area contributed by atoms with Crippen LogP contribution in [-0.2, 0) is 17.1 Å².